The van der Waals surface area contributed by atoms with Crippen LogP contribution in [0.2, 0.25) is 0 Å². The van der Waals surface area contributed by atoms with Crippen LogP contribution in [0.5, 0.6) is 0 Å². The van der Waals surface area contributed by atoms with Gasteiger partial charge in [-0.15, -0.1) is 0 Å². The zero-order valence-corrected chi connectivity index (χ0v) is 12.7. The average Bonchev–Trinajstić information content (AvgIpc) is 2.55. The molecule has 0 saturated carbocycles. The maximum Gasteiger partial charge on any atom is 0.315 e. The van der Waals surface area contributed by atoms with Gasteiger partial charge in [-0.3, -0.25) is 15.0 Å². The lowest BCUT2D eigenvalue weighted by Crippen LogP contribution is -2.49. The molecule has 0 aliphatic heterocycles. The lowest BCUT2D eigenvalue weighted by molar-refractivity contribution is -0.131. The lowest BCUT2D eigenvalue weighted by Gasteiger charge is -2.16. The first-order chi connectivity index (χ1) is 11.0. The van der Waals surface area contributed by atoms with Crippen molar-refractivity contribution in [2.75, 3.05) is 6.54 Å². The summed E-state index contributed by atoms with van der Waals surface area (Å²) in [5.74, 6) is -0.744. The van der Waals surface area contributed by atoms with Gasteiger partial charge >= 0.3 is 6.03 Å². The third-order valence-corrected chi connectivity index (χ3v) is 2.97. The summed E-state index contributed by atoms with van der Waals surface area (Å²) in [4.78, 5) is 27.2. The van der Waals surface area contributed by atoms with Crippen LogP contribution in [0.1, 0.15) is 18.4 Å². The van der Waals surface area contributed by atoms with Crippen molar-refractivity contribution in [3.05, 3.63) is 35.9 Å². The monoisotopic (exact) mass is 322 g/mol. The Bertz CT molecular complexity index is 531. The number of guanidine groups is 1. The van der Waals surface area contributed by atoms with Gasteiger partial charge in [0.15, 0.2) is 5.96 Å². The minimum absolute atomic E-state index is 0.0401. The number of hydroxylamine groups is 1. The molecule has 0 fully saturated rings. The number of benzene rings is 1. The van der Waals surface area contributed by atoms with Gasteiger partial charge in [-0.1, -0.05) is 30.3 Å². The van der Waals surface area contributed by atoms with E-state index in [4.69, 9.17) is 16.7 Å². The van der Waals surface area contributed by atoms with Crippen molar-refractivity contribution in [1.29, 1.82) is 0 Å². The highest BCUT2D eigenvalue weighted by Crippen LogP contribution is 2.00. The van der Waals surface area contributed by atoms with Crippen molar-refractivity contribution >= 4 is 17.9 Å². The Balaban J connectivity index is 2.44. The number of hydrogen-bond acceptors (Lipinski definition) is 4. The zero-order valence-electron chi connectivity index (χ0n) is 12.7. The Morgan fingerprint density at radius 2 is 1.91 bits per heavy atom. The van der Waals surface area contributed by atoms with E-state index < -0.39 is 18.0 Å². The van der Waals surface area contributed by atoms with Crippen LogP contribution in [0.3, 0.4) is 0 Å². The lowest BCUT2D eigenvalue weighted by atomic mass is 10.1. The molecule has 1 aromatic carbocycles. The van der Waals surface area contributed by atoms with Crippen LogP contribution in [0.4, 0.5) is 4.79 Å². The summed E-state index contributed by atoms with van der Waals surface area (Å²) in [7, 11) is 0. The maximum atomic E-state index is 11.8. The predicted molar refractivity (Wildman–Crippen MR) is 85.4 cm³/mol. The predicted octanol–water partition coefficient (Wildman–Crippen LogP) is -0.587. The molecule has 1 aromatic rings. The molecule has 1 rings (SSSR count). The molecule has 0 unspecified atom stereocenters. The van der Waals surface area contributed by atoms with E-state index in [0.29, 0.717) is 19.5 Å². The van der Waals surface area contributed by atoms with E-state index in [1.54, 1.807) is 0 Å². The number of nitrogens with one attached hydrogen (secondary N) is 3. The Kier molecular flexibility index (Phi) is 7.94. The van der Waals surface area contributed by atoms with Crippen LogP contribution in [-0.4, -0.2) is 35.7 Å². The van der Waals surface area contributed by atoms with Gasteiger partial charge in [0.2, 0.25) is 0 Å². The molecule has 0 radical (unpaired) electrons. The third-order valence-electron chi connectivity index (χ3n) is 2.97. The molecule has 23 heavy (non-hydrogen) atoms. The average molecular weight is 322 g/mol. The molecule has 0 bridgehead atoms. The number of carbonyl (C=O) groups excluding carboxylic acids is 2. The molecule has 1 atom stereocenters. The molecule has 126 valence electrons. The Morgan fingerprint density at radius 3 is 2.52 bits per heavy atom. The van der Waals surface area contributed by atoms with E-state index in [1.807, 2.05) is 30.3 Å². The number of amides is 3. The molecule has 0 spiro atoms. The molecule has 9 heteroatoms. The molecule has 0 aliphatic rings. The van der Waals surface area contributed by atoms with Crippen LogP contribution in [0.25, 0.3) is 0 Å². The summed E-state index contributed by atoms with van der Waals surface area (Å²) < 4.78 is 0. The SMILES string of the molecule is NC(N)=NCCC[C@H](NC(=O)NCc1ccccc1)C(=O)NO. The number of nitrogens with two attached hydrogens (primary N) is 2. The second-order valence-electron chi connectivity index (χ2n) is 4.79. The van der Waals surface area contributed by atoms with Gasteiger partial charge in [-0.2, -0.15) is 0 Å². The smallest absolute Gasteiger partial charge is 0.315 e. The molecule has 8 N–H and O–H groups in total. The van der Waals surface area contributed by atoms with E-state index in [0.717, 1.165) is 5.56 Å². The van der Waals surface area contributed by atoms with E-state index in [-0.39, 0.29) is 12.4 Å². The summed E-state index contributed by atoms with van der Waals surface area (Å²) in [6.07, 6.45) is 0.747. The summed E-state index contributed by atoms with van der Waals surface area (Å²) in [5, 5.41) is 13.9. The highest BCUT2D eigenvalue weighted by atomic mass is 16.5. The molecular formula is C14H22N6O3. The summed E-state index contributed by atoms with van der Waals surface area (Å²) in [5.41, 5.74) is 12.9. The van der Waals surface area contributed by atoms with Crippen molar-refractivity contribution < 1.29 is 14.8 Å². The summed E-state index contributed by atoms with van der Waals surface area (Å²) in [6, 6.07) is 7.94. The molecule has 0 aromatic heterocycles. The normalized spacial score (nSPS) is 11.2. The molecule has 3 amide bonds. The minimum Gasteiger partial charge on any atom is -0.370 e. The first-order valence-electron chi connectivity index (χ1n) is 7.10. The molecular weight excluding hydrogens is 300 g/mol. The van der Waals surface area contributed by atoms with Crippen LogP contribution >= 0.6 is 0 Å². The Hall–Kier alpha value is -2.81. The van der Waals surface area contributed by atoms with Crippen molar-refractivity contribution in [2.24, 2.45) is 16.5 Å². The van der Waals surface area contributed by atoms with E-state index in [2.05, 4.69) is 15.6 Å². The fraction of sp³-hybridized carbons (Fsp3) is 0.357. The molecule has 9 nitrogen and oxygen atoms in total. The largest absolute Gasteiger partial charge is 0.370 e. The van der Waals surface area contributed by atoms with Crippen LogP contribution < -0.4 is 27.6 Å². The molecule has 0 heterocycles. The quantitative estimate of drug-likeness (QED) is 0.124. The zero-order chi connectivity index (χ0) is 17.1. The second-order valence-corrected chi connectivity index (χ2v) is 4.79. The van der Waals surface area contributed by atoms with Crippen molar-refractivity contribution in [3.63, 3.8) is 0 Å². The van der Waals surface area contributed by atoms with Crippen LogP contribution in [-0.2, 0) is 11.3 Å². The van der Waals surface area contributed by atoms with Gasteiger partial charge in [0, 0.05) is 13.1 Å². The van der Waals surface area contributed by atoms with Gasteiger partial charge in [-0.05, 0) is 18.4 Å². The fourth-order valence-electron chi connectivity index (χ4n) is 1.84. The van der Waals surface area contributed by atoms with E-state index >= 15 is 0 Å². The van der Waals surface area contributed by atoms with Crippen LogP contribution in [0.15, 0.2) is 35.3 Å². The van der Waals surface area contributed by atoms with E-state index in [9.17, 15) is 9.59 Å². The number of hydrogen-bond donors (Lipinski definition) is 6. The number of nitrogens with zero attached hydrogens (tertiary/aromatic N) is 1. The number of aliphatic imine (C=N–C) groups is 1. The Morgan fingerprint density at radius 1 is 1.22 bits per heavy atom. The highest BCUT2D eigenvalue weighted by molar-refractivity contribution is 5.86. The summed E-state index contributed by atoms with van der Waals surface area (Å²) in [6.45, 7) is 0.652. The number of carbonyl (C=O) groups is 2. The maximum absolute atomic E-state index is 11.8. The fourth-order valence-corrected chi connectivity index (χ4v) is 1.84. The van der Waals surface area contributed by atoms with Gasteiger partial charge in [0.1, 0.15) is 6.04 Å². The minimum atomic E-state index is -0.884. The molecule has 0 saturated heterocycles. The van der Waals surface area contributed by atoms with Crippen molar-refractivity contribution in [1.82, 2.24) is 16.1 Å². The second kappa shape index (κ2) is 10.0. The van der Waals surface area contributed by atoms with Gasteiger partial charge in [0.05, 0.1) is 0 Å². The van der Waals surface area contributed by atoms with E-state index in [1.165, 1.54) is 5.48 Å². The first-order valence-corrected chi connectivity index (χ1v) is 7.10. The van der Waals surface area contributed by atoms with Gasteiger partial charge in [0.25, 0.3) is 5.91 Å². The van der Waals surface area contributed by atoms with Gasteiger partial charge < -0.3 is 22.1 Å². The van der Waals surface area contributed by atoms with Crippen molar-refractivity contribution in [3.8, 4) is 0 Å². The topological polar surface area (TPSA) is 155 Å². The molecule has 0 aliphatic carbocycles. The van der Waals surface area contributed by atoms with Crippen LogP contribution in [0, 0.1) is 0 Å². The number of rotatable bonds is 8. The first kappa shape index (κ1) is 18.2. The number of urea groups is 1. The summed E-state index contributed by atoms with van der Waals surface area (Å²) >= 11 is 0. The van der Waals surface area contributed by atoms with Crippen molar-refractivity contribution in [2.45, 2.75) is 25.4 Å². The highest BCUT2D eigenvalue weighted by Gasteiger charge is 2.19. The third kappa shape index (κ3) is 7.67. The standard InChI is InChI=1S/C14H22N6O3/c15-13(16)17-8-4-7-11(12(21)20-23)19-14(22)18-9-10-5-2-1-3-6-10/h1-3,5-6,11,23H,4,7-9H2,(H,20,21)(H4,15,16,17)(H2,18,19,22)/t11-/m0/s1. The van der Waals surface area contributed by atoms with Gasteiger partial charge in [-0.25, -0.2) is 10.3 Å². The Labute approximate surface area is 134 Å².